The highest BCUT2D eigenvalue weighted by molar-refractivity contribution is 6.06. The molecule has 0 saturated heterocycles. The molecular formula is C15H13FN2O2. The van der Waals surface area contributed by atoms with E-state index in [1.807, 2.05) is 0 Å². The van der Waals surface area contributed by atoms with Crippen molar-refractivity contribution in [2.75, 3.05) is 5.32 Å². The molecular weight excluding hydrogens is 259 g/mol. The third kappa shape index (κ3) is 3.00. The maximum Gasteiger partial charge on any atom is 0.255 e. The molecule has 2 aromatic carbocycles. The van der Waals surface area contributed by atoms with E-state index in [1.165, 1.54) is 18.2 Å². The van der Waals surface area contributed by atoms with E-state index in [4.69, 9.17) is 5.73 Å². The van der Waals surface area contributed by atoms with Gasteiger partial charge in [-0.1, -0.05) is 12.1 Å². The lowest BCUT2D eigenvalue weighted by Crippen LogP contribution is -2.15. The van der Waals surface area contributed by atoms with Gasteiger partial charge in [0, 0.05) is 16.8 Å². The van der Waals surface area contributed by atoms with Gasteiger partial charge in [0.05, 0.1) is 0 Å². The minimum absolute atomic E-state index is 0.243. The SMILES string of the molecule is Cc1ccc(NC(=O)c2cccc(C(N)=O)c2)cc1F. The Labute approximate surface area is 115 Å². The second-order valence-corrected chi connectivity index (χ2v) is 4.36. The van der Waals surface area contributed by atoms with Crippen LogP contribution in [0.3, 0.4) is 0 Å². The number of rotatable bonds is 3. The summed E-state index contributed by atoms with van der Waals surface area (Å²) in [6.45, 7) is 1.64. The number of hydrogen-bond acceptors (Lipinski definition) is 2. The van der Waals surface area contributed by atoms with Gasteiger partial charge >= 0.3 is 0 Å². The quantitative estimate of drug-likeness (QED) is 0.901. The highest BCUT2D eigenvalue weighted by atomic mass is 19.1. The van der Waals surface area contributed by atoms with Crippen molar-refractivity contribution < 1.29 is 14.0 Å². The number of nitrogens with two attached hydrogens (primary N) is 1. The zero-order valence-corrected chi connectivity index (χ0v) is 10.8. The van der Waals surface area contributed by atoms with Crippen LogP contribution in [-0.2, 0) is 0 Å². The summed E-state index contributed by atoms with van der Waals surface area (Å²) in [5.41, 5.74) is 6.52. The van der Waals surface area contributed by atoms with Gasteiger partial charge in [-0.05, 0) is 42.8 Å². The number of primary amides is 1. The number of halogens is 1. The monoisotopic (exact) mass is 272 g/mol. The second kappa shape index (κ2) is 5.52. The van der Waals surface area contributed by atoms with Crippen LogP contribution in [0.1, 0.15) is 26.3 Å². The molecule has 0 aliphatic rings. The van der Waals surface area contributed by atoms with Crippen LogP contribution in [0.4, 0.5) is 10.1 Å². The molecule has 0 aliphatic heterocycles. The van der Waals surface area contributed by atoms with Crippen molar-refractivity contribution in [1.82, 2.24) is 0 Å². The molecule has 0 saturated carbocycles. The molecule has 102 valence electrons. The van der Waals surface area contributed by atoms with Crippen molar-refractivity contribution in [3.05, 3.63) is 65.0 Å². The molecule has 0 atom stereocenters. The van der Waals surface area contributed by atoms with Gasteiger partial charge in [0.15, 0.2) is 0 Å². The molecule has 20 heavy (non-hydrogen) atoms. The van der Waals surface area contributed by atoms with Crippen molar-refractivity contribution >= 4 is 17.5 Å². The van der Waals surface area contributed by atoms with Crippen molar-refractivity contribution in [2.45, 2.75) is 6.92 Å². The third-order valence-electron chi connectivity index (χ3n) is 2.84. The first-order valence-electron chi connectivity index (χ1n) is 5.95. The lowest BCUT2D eigenvalue weighted by Gasteiger charge is -2.07. The topological polar surface area (TPSA) is 72.2 Å². The lowest BCUT2D eigenvalue weighted by atomic mass is 10.1. The smallest absolute Gasteiger partial charge is 0.255 e. The number of benzene rings is 2. The predicted molar refractivity (Wildman–Crippen MR) is 74.1 cm³/mol. The lowest BCUT2D eigenvalue weighted by molar-refractivity contribution is 0.1000. The Balaban J connectivity index is 2.21. The Kier molecular flexibility index (Phi) is 3.79. The maximum absolute atomic E-state index is 13.4. The largest absolute Gasteiger partial charge is 0.366 e. The minimum Gasteiger partial charge on any atom is -0.366 e. The summed E-state index contributed by atoms with van der Waals surface area (Å²) in [4.78, 5) is 23.1. The first-order chi connectivity index (χ1) is 9.47. The summed E-state index contributed by atoms with van der Waals surface area (Å²) in [5, 5.41) is 2.56. The molecule has 4 nitrogen and oxygen atoms in total. The molecule has 0 heterocycles. The molecule has 0 aliphatic carbocycles. The molecule has 0 fully saturated rings. The first-order valence-corrected chi connectivity index (χ1v) is 5.95. The van der Waals surface area contributed by atoms with Gasteiger partial charge in [-0.3, -0.25) is 9.59 Å². The van der Waals surface area contributed by atoms with E-state index in [2.05, 4.69) is 5.32 Å². The van der Waals surface area contributed by atoms with Gasteiger partial charge in [-0.2, -0.15) is 0 Å². The van der Waals surface area contributed by atoms with Crippen LogP contribution in [0.2, 0.25) is 0 Å². The van der Waals surface area contributed by atoms with Crippen molar-refractivity contribution in [2.24, 2.45) is 5.73 Å². The van der Waals surface area contributed by atoms with Gasteiger partial charge < -0.3 is 11.1 Å². The maximum atomic E-state index is 13.4. The number of carbonyl (C=O) groups is 2. The fraction of sp³-hybridized carbons (Fsp3) is 0.0667. The average Bonchev–Trinajstić information content (AvgIpc) is 2.43. The Morgan fingerprint density at radius 1 is 1.10 bits per heavy atom. The summed E-state index contributed by atoms with van der Waals surface area (Å²) < 4.78 is 13.4. The third-order valence-corrected chi connectivity index (χ3v) is 2.84. The van der Waals surface area contributed by atoms with Crippen molar-refractivity contribution in [1.29, 1.82) is 0 Å². The van der Waals surface area contributed by atoms with Gasteiger partial charge in [-0.15, -0.1) is 0 Å². The normalized spacial score (nSPS) is 10.1. The fourth-order valence-corrected chi connectivity index (χ4v) is 1.69. The second-order valence-electron chi connectivity index (χ2n) is 4.36. The summed E-state index contributed by atoms with van der Waals surface area (Å²) in [6, 6.07) is 10.4. The molecule has 3 N–H and O–H groups in total. The number of nitrogens with one attached hydrogen (secondary N) is 1. The van der Waals surface area contributed by atoms with Gasteiger partial charge in [0.25, 0.3) is 5.91 Å². The summed E-state index contributed by atoms with van der Waals surface area (Å²) in [7, 11) is 0. The minimum atomic E-state index is -0.610. The Morgan fingerprint density at radius 3 is 2.45 bits per heavy atom. The van der Waals surface area contributed by atoms with E-state index in [0.29, 0.717) is 11.3 Å². The molecule has 0 radical (unpaired) electrons. The van der Waals surface area contributed by atoms with E-state index in [9.17, 15) is 14.0 Å². The molecule has 0 unspecified atom stereocenters. The Bertz CT molecular complexity index is 683. The Morgan fingerprint density at radius 2 is 1.80 bits per heavy atom. The van der Waals surface area contributed by atoms with Gasteiger partial charge in [0.1, 0.15) is 5.82 Å². The molecule has 0 bridgehead atoms. The van der Waals surface area contributed by atoms with Crippen molar-refractivity contribution in [3.8, 4) is 0 Å². The molecule has 5 heteroatoms. The van der Waals surface area contributed by atoms with Crippen LogP contribution < -0.4 is 11.1 Å². The van der Waals surface area contributed by atoms with E-state index < -0.39 is 17.6 Å². The number of hydrogen-bond donors (Lipinski definition) is 2. The zero-order valence-electron chi connectivity index (χ0n) is 10.8. The van der Waals surface area contributed by atoms with Crippen LogP contribution in [0.25, 0.3) is 0 Å². The van der Waals surface area contributed by atoms with E-state index in [-0.39, 0.29) is 11.1 Å². The molecule has 0 aromatic heterocycles. The van der Waals surface area contributed by atoms with E-state index in [0.717, 1.165) is 0 Å². The molecule has 2 amide bonds. The summed E-state index contributed by atoms with van der Waals surface area (Å²) >= 11 is 0. The number of aryl methyl sites for hydroxylation is 1. The highest BCUT2D eigenvalue weighted by Gasteiger charge is 2.09. The predicted octanol–water partition coefficient (Wildman–Crippen LogP) is 2.49. The van der Waals surface area contributed by atoms with Gasteiger partial charge in [0.2, 0.25) is 5.91 Å². The van der Waals surface area contributed by atoms with Gasteiger partial charge in [-0.25, -0.2) is 4.39 Å². The first kappa shape index (κ1) is 13.7. The van der Waals surface area contributed by atoms with E-state index in [1.54, 1.807) is 31.2 Å². The van der Waals surface area contributed by atoms with Crippen LogP contribution in [0, 0.1) is 12.7 Å². The zero-order chi connectivity index (χ0) is 14.7. The number of anilines is 1. The van der Waals surface area contributed by atoms with Crippen LogP contribution in [-0.4, -0.2) is 11.8 Å². The number of carbonyl (C=O) groups excluding carboxylic acids is 2. The highest BCUT2D eigenvalue weighted by Crippen LogP contribution is 2.15. The summed E-state index contributed by atoms with van der Waals surface area (Å²) in [6.07, 6.45) is 0. The van der Waals surface area contributed by atoms with Crippen LogP contribution >= 0.6 is 0 Å². The Hall–Kier alpha value is -2.69. The average molecular weight is 272 g/mol. The fourth-order valence-electron chi connectivity index (χ4n) is 1.69. The molecule has 2 aromatic rings. The summed E-state index contributed by atoms with van der Waals surface area (Å²) in [5.74, 6) is -1.44. The van der Waals surface area contributed by atoms with E-state index >= 15 is 0 Å². The van der Waals surface area contributed by atoms with Crippen molar-refractivity contribution in [3.63, 3.8) is 0 Å². The number of amides is 2. The van der Waals surface area contributed by atoms with Crippen LogP contribution in [0.15, 0.2) is 42.5 Å². The van der Waals surface area contributed by atoms with Crippen LogP contribution in [0.5, 0.6) is 0 Å². The molecule has 2 rings (SSSR count). The standard InChI is InChI=1S/C15H13FN2O2/c1-9-5-6-12(8-13(9)16)18-15(20)11-4-2-3-10(7-11)14(17)19/h2-8H,1H3,(H2,17,19)(H,18,20). The molecule has 0 spiro atoms.